The number of nitrogens with zero attached hydrogens (tertiary/aromatic N) is 7. The molecule has 0 radical (unpaired) electrons. The number of aromatic nitrogens is 6. The Bertz CT molecular complexity index is 2230. The molecule has 0 saturated carbocycles. The molecule has 4 aromatic heterocycles. The van der Waals surface area contributed by atoms with Gasteiger partial charge in [0.2, 0.25) is 0 Å². The second-order valence-electron chi connectivity index (χ2n) is 14.2. The number of rotatable bonds is 5. The zero-order valence-electron chi connectivity index (χ0n) is 28.5. The molecule has 0 atom stereocenters. The Morgan fingerprint density at radius 3 is 2.51 bits per heavy atom. The second-order valence-corrected chi connectivity index (χ2v) is 14.2. The van der Waals surface area contributed by atoms with Crippen LogP contribution in [-0.2, 0) is 36.9 Å². The molecule has 1 aliphatic rings. The number of aliphatic hydroxyl groups excluding tert-OH is 1. The van der Waals surface area contributed by atoms with E-state index in [1.165, 1.54) is 23.0 Å². The van der Waals surface area contributed by atoms with Gasteiger partial charge >= 0.3 is 6.09 Å². The van der Waals surface area contributed by atoms with E-state index < -0.39 is 29.7 Å². The Kier molecular flexibility index (Phi) is 8.39. The summed E-state index contributed by atoms with van der Waals surface area (Å²) in [5, 5.41) is 22.8. The van der Waals surface area contributed by atoms with Gasteiger partial charge in [0.05, 0.1) is 37.0 Å². The highest BCUT2D eigenvalue weighted by molar-refractivity contribution is 5.83. The van der Waals surface area contributed by atoms with Crippen LogP contribution in [-0.4, -0.2) is 57.4 Å². The molecule has 1 aromatic carbocycles. The number of hydrogen-bond donors (Lipinski definition) is 2. The van der Waals surface area contributed by atoms with Gasteiger partial charge in [-0.05, 0) is 61.6 Å². The van der Waals surface area contributed by atoms with E-state index in [4.69, 9.17) is 4.74 Å². The van der Waals surface area contributed by atoms with Gasteiger partial charge in [-0.25, -0.2) is 14.2 Å². The number of aryl methyl sites for hydroxylation is 1. The number of ether oxygens (including phenoxy) is 1. The molecule has 14 heteroatoms. The number of benzene rings is 1. The van der Waals surface area contributed by atoms with Crippen LogP contribution in [0.2, 0.25) is 0 Å². The van der Waals surface area contributed by atoms with Crippen LogP contribution in [0, 0.1) is 5.82 Å². The summed E-state index contributed by atoms with van der Waals surface area (Å²) in [7, 11) is 1.60. The molecule has 0 fully saturated rings. The Labute approximate surface area is 281 Å². The normalized spacial score (nSPS) is 13.4. The molecule has 5 aromatic rings. The van der Waals surface area contributed by atoms with Gasteiger partial charge in [-0.1, -0.05) is 20.8 Å². The molecule has 2 N–H and O–H groups in total. The molecule has 0 spiro atoms. The molecule has 0 bridgehead atoms. The summed E-state index contributed by atoms with van der Waals surface area (Å²) >= 11 is 0. The fraction of sp³-hybridized carbons (Fsp3) is 0.371. The van der Waals surface area contributed by atoms with Crippen molar-refractivity contribution in [1.29, 1.82) is 0 Å². The first-order valence-corrected chi connectivity index (χ1v) is 15.9. The molecule has 0 aliphatic carbocycles. The van der Waals surface area contributed by atoms with Crippen LogP contribution in [0.25, 0.3) is 27.7 Å². The van der Waals surface area contributed by atoms with Crippen LogP contribution in [0.1, 0.15) is 58.4 Å². The lowest BCUT2D eigenvalue weighted by molar-refractivity contribution is 0.0194. The quantitative estimate of drug-likeness (QED) is 0.270. The molecule has 1 amide bonds. The predicted molar refractivity (Wildman–Crippen MR) is 183 cm³/mol. The molecule has 0 unspecified atom stereocenters. The largest absolute Gasteiger partial charge is 0.444 e. The average molecular weight is 671 g/mol. The third kappa shape index (κ3) is 6.55. The zero-order chi connectivity index (χ0) is 35.4. The minimum atomic E-state index is -0.716. The summed E-state index contributed by atoms with van der Waals surface area (Å²) in [6.07, 6.45) is 4.07. The number of pyridine rings is 2. The Morgan fingerprint density at radius 1 is 1.06 bits per heavy atom. The highest BCUT2D eigenvalue weighted by Gasteiger charge is 2.27. The zero-order valence-corrected chi connectivity index (χ0v) is 28.5. The predicted octanol–water partition coefficient (Wildman–Crippen LogP) is 4.77. The topological polar surface area (TPSA) is 149 Å². The van der Waals surface area contributed by atoms with E-state index in [1.807, 2.05) is 41.5 Å². The van der Waals surface area contributed by atoms with Crippen molar-refractivity contribution in [2.75, 3.05) is 11.9 Å². The molecule has 256 valence electrons. The van der Waals surface area contributed by atoms with E-state index in [2.05, 4.69) is 20.5 Å². The van der Waals surface area contributed by atoms with Crippen LogP contribution in [0.15, 0.2) is 58.5 Å². The maximum Gasteiger partial charge on any atom is 0.410 e. The van der Waals surface area contributed by atoms with Crippen molar-refractivity contribution in [3.8, 4) is 16.9 Å². The SMILES string of the molecule is Cn1cc(-c2ccnc(-n3ncc4cc(C(C)(C)C)cc(F)c4c3=O)c2CO)cc(Nc2cc3n(n2)CCN(C(=O)OC(C)(C)C)C3)c1=O. The van der Waals surface area contributed by atoms with E-state index in [-0.39, 0.29) is 33.4 Å². The Hall–Kier alpha value is -5.37. The summed E-state index contributed by atoms with van der Waals surface area (Å²) in [6.45, 7) is 12.0. The third-order valence-electron chi connectivity index (χ3n) is 8.30. The van der Waals surface area contributed by atoms with Crippen LogP contribution < -0.4 is 16.4 Å². The molecular weight excluding hydrogens is 631 g/mol. The average Bonchev–Trinajstić information content (AvgIpc) is 3.43. The minimum Gasteiger partial charge on any atom is -0.444 e. The van der Waals surface area contributed by atoms with Gasteiger partial charge in [-0.3, -0.25) is 14.3 Å². The molecule has 13 nitrogen and oxygen atoms in total. The first-order valence-electron chi connectivity index (χ1n) is 15.9. The van der Waals surface area contributed by atoms with Crippen LogP contribution >= 0.6 is 0 Å². The monoisotopic (exact) mass is 670 g/mol. The highest BCUT2D eigenvalue weighted by Crippen LogP contribution is 2.30. The fourth-order valence-electron chi connectivity index (χ4n) is 5.80. The number of fused-ring (bicyclic) bond motifs is 2. The lowest BCUT2D eigenvalue weighted by atomic mass is 9.86. The molecule has 6 rings (SSSR count). The van der Waals surface area contributed by atoms with Crippen molar-refractivity contribution < 1.29 is 19.0 Å². The molecule has 49 heavy (non-hydrogen) atoms. The number of carbonyl (C=O) groups excluding carboxylic acids is 1. The Balaban J connectivity index is 1.35. The number of hydrogen-bond acceptors (Lipinski definition) is 9. The summed E-state index contributed by atoms with van der Waals surface area (Å²) in [6, 6.07) is 8.16. The van der Waals surface area contributed by atoms with Crippen molar-refractivity contribution in [3.05, 3.63) is 92.3 Å². The van der Waals surface area contributed by atoms with Gasteiger partial charge in [0.15, 0.2) is 11.6 Å². The molecule has 5 heterocycles. The number of carbonyl (C=O) groups is 1. The number of amides is 1. The number of aliphatic hydroxyl groups is 1. The smallest absolute Gasteiger partial charge is 0.410 e. The standard InChI is InChI=1S/C35H39FN8O5/c1-34(2,3)22-12-20-16-38-44(32(47)29(20)26(36)14-22)30-25(19-45)24(8-9-37-30)21-13-27(31(46)41(7)17-21)39-28-15-23-18-42(10-11-43(23)40-28)33(48)49-35(4,5)6/h8-9,12-17,45H,10-11,18-19H2,1-7H3,(H,39,40). The van der Waals surface area contributed by atoms with E-state index in [9.17, 15) is 19.5 Å². The van der Waals surface area contributed by atoms with Gasteiger partial charge in [0, 0.05) is 48.6 Å². The number of nitrogens with one attached hydrogen (secondary N) is 1. The summed E-state index contributed by atoms with van der Waals surface area (Å²) in [5.41, 5.74) is 0.981. The van der Waals surface area contributed by atoms with Crippen molar-refractivity contribution in [2.45, 2.75) is 72.3 Å². The van der Waals surface area contributed by atoms with Crippen molar-refractivity contribution in [1.82, 2.24) is 34.0 Å². The van der Waals surface area contributed by atoms with Gasteiger partial charge in [0.25, 0.3) is 11.1 Å². The lowest BCUT2D eigenvalue weighted by Crippen LogP contribution is -2.41. The fourth-order valence-corrected chi connectivity index (χ4v) is 5.80. The van der Waals surface area contributed by atoms with Crippen LogP contribution in [0.3, 0.4) is 0 Å². The van der Waals surface area contributed by atoms with Crippen molar-refractivity contribution >= 4 is 28.4 Å². The molecular formula is C35H39FN8O5. The lowest BCUT2D eigenvalue weighted by Gasteiger charge is -2.30. The first kappa shape index (κ1) is 33.5. The van der Waals surface area contributed by atoms with Crippen molar-refractivity contribution in [3.63, 3.8) is 0 Å². The Morgan fingerprint density at radius 2 is 1.82 bits per heavy atom. The number of halogens is 1. The maximum absolute atomic E-state index is 15.4. The highest BCUT2D eigenvalue weighted by atomic mass is 19.1. The van der Waals surface area contributed by atoms with Gasteiger partial charge in [-0.2, -0.15) is 14.9 Å². The number of anilines is 2. The van der Waals surface area contributed by atoms with Gasteiger partial charge in [0.1, 0.15) is 17.1 Å². The van der Waals surface area contributed by atoms with Crippen molar-refractivity contribution in [2.24, 2.45) is 7.05 Å². The second kappa shape index (κ2) is 12.3. The third-order valence-corrected chi connectivity index (χ3v) is 8.30. The minimum absolute atomic E-state index is 0.0332. The maximum atomic E-state index is 15.4. The van der Waals surface area contributed by atoms with E-state index in [0.29, 0.717) is 42.0 Å². The van der Waals surface area contributed by atoms with Gasteiger partial charge in [-0.15, -0.1) is 0 Å². The summed E-state index contributed by atoms with van der Waals surface area (Å²) < 4.78 is 25.0. The van der Waals surface area contributed by atoms with E-state index in [1.54, 1.807) is 47.1 Å². The molecule has 1 aliphatic heterocycles. The van der Waals surface area contributed by atoms with Crippen LogP contribution in [0.4, 0.5) is 20.7 Å². The first-order chi connectivity index (χ1) is 23.0. The van der Waals surface area contributed by atoms with Gasteiger partial charge < -0.3 is 24.6 Å². The van der Waals surface area contributed by atoms with E-state index >= 15 is 4.39 Å². The van der Waals surface area contributed by atoms with E-state index in [0.717, 1.165) is 15.9 Å². The molecule has 0 saturated heterocycles. The summed E-state index contributed by atoms with van der Waals surface area (Å²) in [5.74, 6) is -0.222. The van der Waals surface area contributed by atoms with Crippen LogP contribution in [0.5, 0.6) is 0 Å². The summed E-state index contributed by atoms with van der Waals surface area (Å²) in [4.78, 5) is 45.5.